The summed E-state index contributed by atoms with van der Waals surface area (Å²) in [5.74, 6) is 1.81. The first-order valence-electron chi connectivity index (χ1n) is 18.2. The third-order valence-corrected chi connectivity index (χ3v) is 10.5. The number of fused-ring (bicyclic) bond motifs is 7. The van der Waals surface area contributed by atoms with E-state index in [2.05, 4.69) is 173 Å². The molecule has 0 saturated heterocycles. The van der Waals surface area contributed by atoms with Crippen LogP contribution in [0.2, 0.25) is 0 Å². The predicted molar refractivity (Wildman–Crippen MR) is 222 cm³/mol. The van der Waals surface area contributed by atoms with Gasteiger partial charge in [-0.3, -0.25) is 4.57 Å². The molecule has 0 aliphatic carbocycles. The van der Waals surface area contributed by atoms with Crippen molar-refractivity contribution in [2.45, 2.75) is 0 Å². The number of hydrogen-bond donors (Lipinski definition) is 0. The van der Waals surface area contributed by atoms with Gasteiger partial charge in [-0.05, 0) is 64.4 Å². The predicted octanol–water partition coefficient (Wildman–Crippen LogP) is 12.2. The summed E-state index contributed by atoms with van der Waals surface area (Å²) in [5, 5.41) is 7.08. The van der Waals surface area contributed by atoms with Crippen LogP contribution >= 0.6 is 0 Å². The molecule has 8 aromatic carbocycles. The highest BCUT2D eigenvalue weighted by molar-refractivity contribution is 6.14. The third kappa shape index (κ3) is 4.83. The molecule has 0 saturated carbocycles. The second kappa shape index (κ2) is 12.1. The fourth-order valence-corrected chi connectivity index (χ4v) is 8.03. The Balaban J connectivity index is 1.22. The Labute approximate surface area is 311 Å². The SMILES string of the molecule is c1ccc(-c2cccc(-c3nc(-c4ccccc4)nc(-n4c5cc(-n6c7ccccc7c7ccccc76)ccc5c5cc6ccccc6cc54)n3)c2)cc1. The monoisotopic (exact) mass is 689 g/mol. The van der Waals surface area contributed by atoms with Crippen LogP contribution in [0.5, 0.6) is 0 Å². The molecule has 11 aromatic rings. The molecule has 3 heterocycles. The zero-order chi connectivity index (χ0) is 35.6. The zero-order valence-electron chi connectivity index (χ0n) is 29.1. The van der Waals surface area contributed by atoms with Crippen LogP contribution in [-0.4, -0.2) is 24.1 Å². The highest BCUT2D eigenvalue weighted by atomic mass is 15.2. The summed E-state index contributed by atoms with van der Waals surface area (Å²) in [4.78, 5) is 15.7. The first-order chi connectivity index (χ1) is 26.8. The molecule has 0 amide bonds. The van der Waals surface area contributed by atoms with Gasteiger partial charge in [-0.1, -0.05) is 146 Å². The number of rotatable bonds is 5. The average molecular weight is 690 g/mol. The zero-order valence-corrected chi connectivity index (χ0v) is 29.1. The lowest BCUT2D eigenvalue weighted by molar-refractivity contribution is 0.953. The van der Waals surface area contributed by atoms with Gasteiger partial charge in [-0.25, -0.2) is 4.98 Å². The second-order valence-corrected chi connectivity index (χ2v) is 13.7. The summed E-state index contributed by atoms with van der Waals surface area (Å²) in [6.45, 7) is 0. The van der Waals surface area contributed by atoms with Crippen molar-refractivity contribution in [3.8, 4) is 45.5 Å². The van der Waals surface area contributed by atoms with Gasteiger partial charge in [0.25, 0.3) is 0 Å². The molecule has 0 radical (unpaired) electrons. The highest BCUT2D eigenvalue weighted by Crippen LogP contribution is 2.38. The lowest BCUT2D eigenvalue weighted by Crippen LogP contribution is -2.06. The van der Waals surface area contributed by atoms with Crippen LogP contribution in [0.25, 0.3) is 99.9 Å². The largest absolute Gasteiger partial charge is 0.309 e. The summed E-state index contributed by atoms with van der Waals surface area (Å²) in [6.07, 6.45) is 0. The van der Waals surface area contributed by atoms with Gasteiger partial charge in [0.2, 0.25) is 5.95 Å². The maximum absolute atomic E-state index is 5.31. The summed E-state index contributed by atoms with van der Waals surface area (Å²) in [5.41, 5.74) is 9.57. The molecule has 0 spiro atoms. The molecular weight excluding hydrogens is 659 g/mol. The number of nitrogens with zero attached hydrogens (tertiary/aromatic N) is 5. The summed E-state index contributed by atoms with van der Waals surface area (Å²) < 4.78 is 4.60. The van der Waals surface area contributed by atoms with Crippen molar-refractivity contribution in [3.05, 3.63) is 188 Å². The Morgan fingerprint density at radius 3 is 1.56 bits per heavy atom. The molecule has 5 heteroatoms. The smallest absolute Gasteiger partial charge is 0.238 e. The second-order valence-electron chi connectivity index (χ2n) is 13.7. The Kier molecular flexibility index (Phi) is 6.79. The molecule has 0 aliphatic rings. The van der Waals surface area contributed by atoms with Gasteiger partial charge in [0, 0.05) is 38.4 Å². The topological polar surface area (TPSA) is 48.5 Å². The van der Waals surface area contributed by atoms with Crippen molar-refractivity contribution in [2.24, 2.45) is 0 Å². The van der Waals surface area contributed by atoms with Crippen LogP contribution < -0.4 is 0 Å². The van der Waals surface area contributed by atoms with Crippen LogP contribution in [0.15, 0.2) is 188 Å². The van der Waals surface area contributed by atoms with E-state index in [0.29, 0.717) is 17.6 Å². The summed E-state index contributed by atoms with van der Waals surface area (Å²) in [6, 6.07) is 66.3. The van der Waals surface area contributed by atoms with Gasteiger partial charge in [0.15, 0.2) is 11.6 Å². The van der Waals surface area contributed by atoms with Crippen LogP contribution in [-0.2, 0) is 0 Å². The van der Waals surface area contributed by atoms with Crippen LogP contribution in [0.4, 0.5) is 0 Å². The van der Waals surface area contributed by atoms with E-state index in [-0.39, 0.29) is 0 Å². The maximum atomic E-state index is 5.31. The van der Waals surface area contributed by atoms with Gasteiger partial charge < -0.3 is 4.57 Å². The lowest BCUT2D eigenvalue weighted by atomic mass is 10.0. The van der Waals surface area contributed by atoms with Gasteiger partial charge in [-0.2, -0.15) is 9.97 Å². The van der Waals surface area contributed by atoms with E-state index < -0.39 is 0 Å². The number of benzene rings is 8. The van der Waals surface area contributed by atoms with E-state index in [1.807, 2.05) is 24.3 Å². The van der Waals surface area contributed by atoms with Crippen molar-refractivity contribution < 1.29 is 0 Å². The highest BCUT2D eigenvalue weighted by Gasteiger charge is 2.20. The molecule has 0 fully saturated rings. The summed E-state index contributed by atoms with van der Waals surface area (Å²) in [7, 11) is 0. The normalized spacial score (nSPS) is 11.7. The quantitative estimate of drug-likeness (QED) is 0.181. The van der Waals surface area contributed by atoms with Gasteiger partial charge in [-0.15, -0.1) is 0 Å². The maximum Gasteiger partial charge on any atom is 0.238 e. The van der Waals surface area contributed by atoms with E-state index in [1.54, 1.807) is 0 Å². The number of hydrogen-bond acceptors (Lipinski definition) is 3. The van der Waals surface area contributed by atoms with Gasteiger partial charge >= 0.3 is 0 Å². The minimum Gasteiger partial charge on any atom is -0.309 e. The van der Waals surface area contributed by atoms with E-state index in [9.17, 15) is 0 Å². The average Bonchev–Trinajstić information content (AvgIpc) is 3.75. The third-order valence-electron chi connectivity index (χ3n) is 10.5. The fourth-order valence-electron chi connectivity index (χ4n) is 8.03. The van der Waals surface area contributed by atoms with E-state index in [0.717, 1.165) is 55.1 Å². The molecular formula is C49H31N5. The minimum atomic E-state index is 0.568. The van der Waals surface area contributed by atoms with Crippen LogP contribution in [0.1, 0.15) is 0 Å². The Morgan fingerprint density at radius 2 is 0.833 bits per heavy atom. The van der Waals surface area contributed by atoms with E-state index in [1.165, 1.54) is 27.2 Å². The first kappa shape index (κ1) is 30.3. The Hall–Kier alpha value is -7.37. The molecule has 3 aromatic heterocycles. The molecule has 5 nitrogen and oxygen atoms in total. The number of para-hydroxylation sites is 2. The molecule has 252 valence electrons. The Morgan fingerprint density at radius 1 is 0.296 bits per heavy atom. The van der Waals surface area contributed by atoms with Crippen LogP contribution in [0.3, 0.4) is 0 Å². The molecule has 0 aliphatic heterocycles. The molecule has 54 heavy (non-hydrogen) atoms. The minimum absolute atomic E-state index is 0.568. The molecule has 0 N–H and O–H groups in total. The van der Waals surface area contributed by atoms with Gasteiger partial charge in [0.1, 0.15) is 0 Å². The van der Waals surface area contributed by atoms with Crippen molar-refractivity contribution in [1.82, 2.24) is 24.1 Å². The Bertz CT molecular complexity index is 3160. The first-order valence-corrected chi connectivity index (χ1v) is 18.2. The fraction of sp³-hybridized carbons (Fsp3) is 0. The molecule has 0 unspecified atom stereocenters. The summed E-state index contributed by atoms with van der Waals surface area (Å²) >= 11 is 0. The standard InChI is InChI=1S/C49H31N5/c1-3-14-32(15-4-1)34-20-13-21-37(28-34)48-50-47(33-16-5-2-6-17-33)51-49(52-48)54-45-30-36-19-8-7-18-35(36)29-42(45)41-27-26-38(31-46(41)54)53-43-24-11-9-22-39(43)40-23-10-12-25-44(40)53/h1-31H. The molecule has 0 atom stereocenters. The van der Waals surface area contributed by atoms with Crippen molar-refractivity contribution >= 4 is 54.4 Å². The van der Waals surface area contributed by atoms with Crippen molar-refractivity contribution in [1.29, 1.82) is 0 Å². The van der Waals surface area contributed by atoms with Crippen LogP contribution in [0, 0.1) is 0 Å². The van der Waals surface area contributed by atoms with Gasteiger partial charge in [0.05, 0.1) is 22.1 Å². The number of aromatic nitrogens is 5. The van der Waals surface area contributed by atoms with Crippen molar-refractivity contribution in [3.63, 3.8) is 0 Å². The molecule has 11 rings (SSSR count). The van der Waals surface area contributed by atoms with E-state index >= 15 is 0 Å². The lowest BCUT2D eigenvalue weighted by Gasteiger charge is -2.13. The molecule has 0 bridgehead atoms. The van der Waals surface area contributed by atoms with E-state index in [4.69, 9.17) is 15.0 Å². The van der Waals surface area contributed by atoms with Crippen molar-refractivity contribution in [2.75, 3.05) is 0 Å².